The van der Waals surface area contributed by atoms with Crippen LogP contribution < -0.4 is 0 Å². The van der Waals surface area contributed by atoms with Crippen LogP contribution in [-0.2, 0) is 14.2 Å². The quantitative estimate of drug-likeness (QED) is 0.251. The van der Waals surface area contributed by atoms with Crippen molar-refractivity contribution in [1.82, 2.24) is 4.90 Å². The summed E-state index contributed by atoms with van der Waals surface area (Å²) < 4.78 is 17.8. The second kappa shape index (κ2) is 11.8. The predicted molar refractivity (Wildman–Crippen MR) is 156 cm³/mol. The maximum atomic E-state index is 13.3. The van der Waals surface area contributed by atoms with Crippen LogP contribution in [0.4, 0.5) is 4.79 Å². The lowest BCUT2D eigenvalue weighted by molar-refractivity contribution is -0.180. The Morgan fingerprint density at radius 1 is 0.902 bits per heavy atom. The van der Waals surface area contributed by atoms with Gasteiger partial charge in [-0.1, -0.05) is 72.5 Å². The number of esters is 1. The van der Waals surface area contributed by atoms with E-state index in [0.717, 1.165) is 12.8 Å². The summed E-state index contributed by atoms with van der Waals surface area (Å²) in [6.45, 7) is 4.63. The minimum atomic E-state index is -0.681. The van der Waals surface area contributed by atoms with Gasteiger partial charge in [0.05, 0.1) is 17.7 Å². The van der Waals surface area contributed by atoms with E-state index in [2.05, 4.69) is 36.1 Å². The molecule has 41 heavy (non-hydrogen) atoms. The Hall–Kier alpha value is -4.08. The average molecular weight is 550 g/mol. The first-order valence-electron chi connectivity index (χ1n) is 14.6. The van der Waals surface area contributed by atoms with E-state index in [4.69, 9.17) is 14.2 Å². The molecule has 6 heteroatoms. The number of fused-ring (bicyclic) bond motifs is 3. The van der Waals surface area contributed by atoms with Crippen LogP contribution >= 0.6 is 0 Å². The number of carbonyl (C=O) groups is 2. The molecule has 1 saturated carbocycles. The summed E-state index contributed by atoms with van der Waals surface area (Å²) >= 11 is 0. The Morgan fingerprint density at radius 2 is 1.56 bits per heavy atom. The monoisotopic (exact) mass is 549 g/mol. The standard InChI is InChI=1S/C35H35NO5/c1-3-36(35(38)39-22-31-29-14-8-6-12-27(29)28-13-7-9-15-30(28)31)32-20-21-33(40-23(32)2)41-34(37)26-11-5-4-10-25(26)19-18-24-16-17-24/h4-15,23-24,31-33H,3,16-17,20-22H2,1-2H3. The number of benzene rings is 3. The largest absolute Gasteiger partial charge is 0.448 e. The van der Waals surface area contributed by atoms with Crippen molar-refractivity contribution in [2.24, 2.45) is 5.92 Å². The van der Waals surface area contributed by atoms with Crippen LogP contribution in [0.25, 0.3) is 11.1 Å². The van der Waals surface area contributed by atoms with Gasteiger partial charge in [0.15, 0.2) is 0 Å². The van der Waals surface area contributed by atoms with Gasteiger partial charge in [-0.25, -0.2) is 9.59 Å². The third-order valence-electron chi connectivity index (χ3n) is 8.29. The molecule has 2 aliphatic carbocycles. The summed E-state index contributed by atoms with van der Waals surface area (Å²) in [5, 5.41) is 0. The molecule has 1 saturated heterocycles. The summed E-state index contributed by atoms with van der Waals surface area (Å²) in [5.74, 6) is 6.36. The van der Waals surface area contributed by atoms with E-state index in [-0.39, 0.29) is 30.8 Å². The normalized spacial score (nSPS) is 21.2. The molecule has 0 spiro atoms. The highest BCUT2D eigenvalue weighted by Crippen LogP contribution is 2.44. The number of amides is 1. The number of hydrogen-bond acceptors (Lipinski definition) is 5. The fourth-order valence-electron chi connectivity index (χ4n) is 5.97. The minimum absolute atomic E-state index is 0.00530. The van der Waals surface area contributed by atoms with Crippen molar-refractivity contribution in [3.8, 4) is 23.0 Å². The number of rotatable bonds is 6. The summed E-state index contributed by atoms with van der Waals surface area (Å²) in [6, 6.07) is 23.7. The van der Waals surface area contributed by atoms with Gasteiger partial charge in [-0.3, -0.25) is 0 Å². The number of likely N-dealkylation sites (N-methyl/N-ethyl adjacent to an activating group) is 1. The Balaban J connectivity index is 1.07. The zero-order chi connectivity index (χ0) is 28.3. The Bertz CT molecular complexity index is 1450. The van der Waals surface area contributed by atoms with Crippen LogP contribution in [0.5, 0.6) is 0 Å². The second-order valence-corrected chi connectivity index (χ2v) is 11.0. The molecule has 2 fully saturated rings. The molecule has 1 amide bonds. The molecular formula is C35H35NO5. The predicted octanol–water partition coefficient (Wildman–Crippen LogP) is 6.77. The summed E-state index contributed by atoms with van der Waals surface area (Å²) in [7, 11) is 0. The van der Waals surface area contributed by atoms with Crippen molar-refractivity contribution >= 4 is 12.1 Å². The maximum absolute atomic E-state index is 13.3. The minimum Gasteiger partial charge on any atom is -0.448 e. The van der Waals surface area contributed by atoms with Crippen molar-refractivity contribution in [2.75, 3.05) is 13.2 Å². The van der Waals surface area contributed by atoms with E-state index in [1.165, 1.54) is 22.3 Å². The first-order chi connectivity index (χ1) is 20.0. The van der Waals surface area contributed by atoms with Gasteiger partial charge >= 0.3 is 12.1 Å². The lowest BCUT2D eigenvalue weighted by Gasteiger charge is -2.39. The van der Waals surface area contributed by atoms with Gasteiger partial charge in [-0.15, -0.1) is 0 Å². The van der Waals surface area contributed by atoms with Crippen LogP contribution in [-0.4, -0.2) is 48.5 Å². The molecule has 3 unspecified atom stereocenters. The molecule has 3 aliphatic rings. The highest BCUT2D eigenvalue weighted by Gasteiger charge is 2.37. The number of hydrogen-bond donors (Lipinski definition) is 0. The van der Waals surface area contributed by atoms with Crippen molar-refractivity contribution in [1.29, 1.82) is 0 Å². The van der Waals surface area contributed by atoms with Crippen LogP contribution in [0.1, 0.15) is 72.5 Å². The Kier molecular flexibility index (Phi) is 7.80. The van der Waals surface area contributed by atoms with Crippen molar-refractivity contribution < 1.29 is 23.8 Å². The molecule has 210 valence electrons. The molecule has 0 bridgehead atoms. The fourth-order valence-corrected chi connectivity index (χ4v) is 5.97. The van der Waals surface area contributed by atoms with E-state index in [1.807, 2.05) is 56.3 Å². The van der Waals surface area contributed by atoms with Gasteiger partial charge in [0.1, 0.15) is 6.61 Å². The van der Waals surface area contributed by atoms with Crippen LogP contribution in [0.15, 0.2) is 72.8 Å². The third-order valence-corrected chi connectivity index (χ3v) is 8.29. The number of nitrogens with zero attached hydrogens (tertiary/aromatic N) is 1. The lowest BCUT2D eigenvalue weighted by atomic mass is 9.98. The Labute approximate surface area is 241 Å². The third kappa shape index (κ3) is 5.73. The molecule has 6 rings (SSSR count). The number of ether oxygens (including phenoxy) is 3. The van der Waals surface area contributed by atoms with Crippen molar-refractivity contribution in [3.63, 3.8) is 0 Å². The molecule has 0 N–H and O–H groups in total. The number of carbonyl (C=O) groups excluding carboxylic acids is 2. The summed E-state index contributed by atoms with van der Waals surface area (Å²) in [6.07, 6.45) is 2.02. The zero-order valence-corrected chi connectivity index (χ0v) is 23.5. The lowest BCUT2D eigenvalue weighted by Crippen LogP contribution is -2.51. The van der Waals surface area contributed by atoms with Crippen molar-refractivity contribution in [3.05, 3.63) is 95.1 Å². The molecule has 3 aromatic rings. The van der Waals surface area contributed by atoms with E-state index in [9.17, 15) is 9.59 Å². The van der Waals surface area contributed by atoms with E-state index < -0.39 is 12.3 Å². The molecule has 0 aromatic heterocycles. The van der Waals surface area contributed by atoms with Gasteiger partial charge in [0, 0.05) is 30.4 Å². The molecule has 6 nitrogen and oxygen atoms in total. The first kappa shape index (κ1) is 27.1. The van der Waals surface area contributed by atoms with Gasteiger partial charge in [0.2, 0.25) is 6.29 Å². The first-order valence-corrected chi connectivity index (χ1v) is 14.6. The van der Waals surface area contributed by atoms with Crippen LogP contribution in [0.2, 0.25) is 0 Å². The molecule has 0 radical (unpaired) electrons. The van der Waals surface area contributed by atoms with Crippen molar-refractivity contribution in [2.45, 2.75) is 63.9 Å². The van der Waals surface area contributed by atoms with Gasteiger partial charge in [-0.2, -0.15) is 0 Å². The van der Waals surface area contributed by atoms with Gasteiger partial charge in [-0.05, 0) is 67.5 Å². The Morgan fingerprint density at radius 3 is 2.22 bits per heavy atom. The molecular weight excluding hydrogens is 514 g/mol. The highest BCUT2D eigenvalue weighted by atomic mass is 16.7. The molecule has 1 heterocycles. The van der Waals surface area contributed by atoms with Crippen LogP contribution in [0.3, 0.4) is 0 Å². The average Bonchev–Trinajstić information content (AvgIpc) is 3.77. The van der Waals surface area contributed by atoms with E-state index in [0.29, 0.717) is 36.4 Å². The maximum Gasteiger partial charge on any atom is 0.410 e. The molecule has 1 aliphatic heterocycles. The summed E-state index contributed by atoms with van der Waals surface area (Å²) in [4.78, 5) is 28.1. The SMILES string of the molecule is CCN(C(=O)OCC1c2ccccc2-c2ccccc21)C1CCC(OC(=O)c2ccccc2C#CC2CC2)OC1C. The molecule has 3 aromatic carbocycles. The van der Waals surface area contributed by atoms with E-state index in [1.54, 1.807) is 11.0 Å². The zero-order valence-electron chi connectivity index (χ0n) is 23.5. The van der Waals surface area contributed by atoms with Gasteiger partial charge in [0.25, 0.3) is 0 Å². The van der Waals surface area contributed by atoms with E-state index >= 15 is 0 Å². The van der Waals surface area contributed by atoms with Crippen LogP contribution in [0, 0.1) is 17.8 Å². The second-order valence-electron chi connectivity index (χ2n) is 11.0. The highest BCUT2D eigenvalue weighted by molar-refractivity contribution is 5.92. The van der Waals surface area contributed by atoms with Gasteiger partial charge < -0.3 is 19.1 Å². The summed E-state index contributed by atoms with van der Waals surface area (Å²) in [5.41, 5.74) is 5.90. The topological polar surface area (TPSA) is 65.1 Å². The smallest absolute Gasteiger partial charge is 0.410 e. The molecule has 3 atom stereocenters. The fraction of sp³-hybridized carbons (Fsp3) is 0.371.